The summed E-state index contributed by atoms with van der Waals surface area (Å²) in [6, 6.07) is 2.18. The van der Waals surface area contributed by atoms with E-state index in [0.717, 1.165) is 19.1 Å². The molecule has 0 bridgehead atoms. The van der Waals surface area contributed by atoms with Crippen molar-refractivity contribution in [2.75, 3.05) is 11.9 Å². The highest BCUT2D eigenvalue weighted by Gasteiger charge is 2.07. The van der Waals surface area contributed by atoms with Gasteiger partial charge in [-0.05, 0) is 12.1 Å². The lowest BCUT2D eigenvalue weighted by Gasteiger charge is -2.14. The first-order chi connectivity index (χ1) is 7.21. The molecule has 0 aliphatic carbocycles. The molecule has 0 unspecified atom stereocenters. The normalized spacial score (nSPS) is 14.2. The molecule has 1 amide bonds. The number of carbonyl (C=O) groups excluding carboxylic acids is 1. The summed E-state index contributed by atoms with van der Waals surface area (Å²) >= 11 is 0. The standard InChI is InChI=1S/C9H9F2NO/c1-6(13)12(2)9-4-7(10)3-8(11)5-9/h3-5H,1-2H3/i2D3. The molecule has 0 heterocycles. The molecule has 0 spiro atoms. The molecule has 0 fully saturated rings. The van der Waals surface area contributed by atoms with E-state index in [-0.39, 0.29) is 5.69 Å². The molecular formula is C9H9F2NO. The van der Waals surface area contributed by atoms with Crippen molar-refractivity contribution in [2.24, 2.45) is 0 Å². The van der Waals surface area contributed by atoms with E-state index in [1.54, 1.807) is 0 Å². The topological polar surface area (TPSA) is 20.3 Å². The molecule has 0 saturated heterocycles. The highest BCUT2D eigenvalue weighted by Crippen LogP contribution is 2.16. The maximum Gasteiger partial charge on any atom is 0.223 e. The second kappa shape index (κ2) is 3.51. The molecular weight excluding hydrogens is 176 g/mol. The number of anilines is 1. The van der Waals surface area contributed by atoms with Gasteiger partial charge in [-0.25, -0.2) is 8.78 Å². The molecule has 0 atom stereocenters. The number of hydrogen-bond acceptors (Lipinski definition) is 1. The quantitative estimate of drug-likeness (QED) is 0.659. The first-order valence-corrected chi connectivity index (χ1v) is 3.48. The Hall–Kier alpha value is -1.45. The number of halogens is 2. The summed E-state index contributed by atoms with van der Waals surface area (Å²) in [5, 5.41) is 0. The lowest BCUT2D eigenvalue weighted by Crippen LogP contribution is -2.22. The zero-order valence-electron chi connectivity index (χ0n) is 9.84. The first-order valence-electron chi connectivity index (χ1n) is 4.98. The summed E-state index contributed by atoms with van der Waals surface area (Å²) in [6.07, 6.45) is 0. The number of amides is 1. The van der Waals surface area contributed by atoms with E-state index in [9.17, 15) is 13.6 Å². The molecule has 1 aromatic carbocycles. The van der Waals surface area contributed by atoms with Gasteiger partial charge in [0.1, 0.15) is 11.6 Å². The molecule has 2 nitrogen and oxygen atoms in total. The highest BCUT2D eigenvalue weighted by molar-refractivity contribution is 5.90. The maximum atomic E-state index is 12.9. The van der Waals surface area contributed by atoms with Crippen LogP contribution in [0.25, 0.3) is 0 Å². The van der Waals surface area contributed by atoms with Crippen molar-refractivity contribution in [3.8, 4) is 0 Å². The third-order valence-corrected chi connectivity index (χ3v) is 1.42. The maximum absolute atomic E-state index is 12.9. The average Bonchev–Trinajstić information content (AvgIpc) is 1.96. The number of rotatable bonds is 1. The van der Waals surface area contributed by atoms with Crippen molar-refractivity contribution in [1.29, 1.82) is 0 Å². The largest absolute Gasteiger partial charge is 0.316 e. The Labute approximate surface area is 79.0 Å². The van der Waals surface area contributed by atoms with Gasteiger partial charge in [0.15, 0.2) is 0 Å². The van der Waals surface area contributed by atoms with E-state index in [1.807, 2.05) is 0 Å². The Kier molecular flexibility index (Phi) is 1.64. The van der Waals surface area contributed by atoms with Gasteiger partial charge in [-0.15, -0.1) is 0 Å². The summed E-state index contributed by atoms with van der Waals surface area (Å²) in [7, 11) is 0. The van der Waals surface area contributed by atoms with Crippen LogP contribution in [0.15, 0.2) is 18.2 Å². The summed E-state index contributed by atoms with van der Waals surface area (Å²) in [4.78, 5) is 11.5. The van der Waals surface area contributed by atoms with Crippen molar-refractivity contribution < 1.29 is 17.7 Å². The molecule has 0 N–H and O–H groups in total. The summed E-state index contributed by atoms with van der Waals surface area (Å²) in [5.41, 5.74) is -0.329. The van der Waals surface area contributed by atoms with Gasteiger partial charge in [0.2, 0.25) is 5.91 Å². The first kappa shape index (κ1) is 6.07. The zero-order valence-corrected chi connectivity index (χ0v) is 6.84. The van der Waals surface area contributed by atoms with Crippen LogP contribution in [0.2, 0.25) is 0 Å². The second-order valence-electron chi connectivity index (χ2n) is 2.48. The third-order valence-electron chi connectivity index (χ3n) is 1.42. The van der Waals surface area contributed by atoms with Crippen molar-refractivity contribution in [3.05, 3.63) is 29.8 Å². The van der Waals surface area contributed by atoms with Crippen LogP contribution in [0.5, 0.6) is 0 Å². The lowest BCUT2D eigenvalue weighted by molar-refractivity contribution is -0.116. The molecule has 0 aromatic heterocycles. The van der Waals surface area contributed by atoms with Gasteiger partial charge >= 0.3 is 0 Å². The second-order valence-corrected chi connectivity index (χ2v) is 2.48. The number of nitrogens with zero attached hydrogens (tertiary/aromatic N) is 1. The highest BCUT2D eigenvalue weighted by atomic mass is 19.1. The molecule has 0 aliphatic rings. The van der Waals surface area contributed by atoms with Crippen LogP contribution in [0.3, 0.4) is 0 Å². The number of carbonyl (C=O) groups is 1. The Morgan fingerprint density at radius 2 is 1.92 bits per heavy atom. The Morgan fingerprint density at radius 1 is 1.38 bits per heavy atom. The van der Waals surface area contributed by atoms with Gasteiger partial charge in [0, 0.05) is 29.8 Å². The van der Waals surface area contributed by atoms with Gasteiger partial charge in [-0.3, -0.25) is 4.79 Å². The predicted molar refractivity (Wildman–Crippen MR) is 45.4 cm³/mol. The van der Waals surface area contributed by atoms with Gasteiger partial charge in [-0.1, -0.05) is 0 Å². The van der Waals surface area contributed by atoms with Crippen LogP contribution >= 0.6 is 0 Å². The Morgan fingerprint density at radius 3 is 2.31 bits per heavy atom. The predicted octanol–water partition coefficient (Wildman–Crippen LogP) is 1.95. The van der Waals surface area contributed by atoms with E-state index in [1.165, 1.54) is 0 Å². The van der Waals surface area contributed by atoms with Gasteiger partial charge in [-0.2, -0.15) is 0 Å². The molecule has 13 heavy (non-hydrogen) atoms. The van der Waals surface area contributed by atoms with Crippen LogP contribution in [0, 0.1) is 11.6 Å². The van der Waals surface area contributed by atoms with Gasteiger partial charge < -0.3 is 4.90 Å². The minimum absolute atomic E-state index is 0.329. The number of hydrogen-bond donors (Lipinski definition) is 0. The fourth-order valence-corrected chi connectivity index (χ4v) is 0.850. The minimum atomic E-state index is -2.77. The number of benzene rings is 1. The lowest BCUT2D eigenvalue weighted by atomic mass is 10.3. The molecule has 1 aromatic rings. The smallest absolute Gasteiger partial charge is 0.223 e. The third kappa shape index (κ3) is 2.24. The summed E-state index contributed by atoms with van der Waals surface area (Å²) in [5.74, 6) is -2.69. The Bertz CT molecular complexity index is 399. The van der Waals surface area contributed by atoms with Crippen molar-refractivity contribution in [3.63, 3.8) is 0 Å². The van der Waals surface area contributed by atoms with E-state index in [2.05, 4.69) is 0 Å². The molecule has 0 aliphatic heterocycles. The molecule has 0 radical (unpaired) electrons. The van der Waals surface area contributed by atoms with E-state index in [4.69, 9.17) is 4.11 Å². The van der Waals surface area contributed by atoms with Crippen LogP contribution in [-0.2, 0) is 4.79 Å². The molecule has 4 heteroatoms. The SMILES string of the molecule is [2H]C([2H])([2H])N(C(C)=O)c1cc(F)cc(F)c1. The van der Waals surface area contributed by atoms with Crippen LogP contribution < -0.4 is 4.90 Å². The van der Waals surface area contributed by atoms with Gasteiger partial charge in [0.05, 0.1) is 0 Å². The van der Waals surface area contributed by atoms with E-state index < -0.39 is 24.5 Å². The monoisotopic (exact) mass is 188 g/mol. The zero-order chi connectivity index (χ0) is 12.5. The Balaban J connectivity index is 3.27. The average molecular weight is 188 g/mol. The van der Waals surface area contributed by atoms with E-state index >= 15 is 0 Å². The fraction of sp³-hybridized carbons (Fsp3) is 0.222. The van der Waals surface area contributed by atoms with Crippen LogP contribution in [-0.4, -0.2) is 12.9 Å². The van der Waals surface area contributed by atoms with Crippen LogP contribution in [0.1, 0.15) is 11.0 Å². The molecule has 1 rings (SSSR count). The van der Waals surface area contributed by atoms with Crippen LogP contribution in [0.4, 0.5) is 14.5 Å². The van der Waals surface area contributed by atoms with E-state index in [0.29, 0.717) is 11.0 Å². The van der Waals surface area contributed by atoms with Crippen molar-refractivity contribution in [1.82, 2.24) is 0 Å². The van der Waals surface area contributed by atoms with Crippen molar-refractivity contribution in [2.45, 2.75) is 6.92 Å². The fourth-order valence-electron chi connectivity index (χ4n) is 0.850. The minimum Gasteiger partial charge on any atom is -0.316 e. The summed E-state index contributed by atoms with van der Waals surface area (Å²) in [6.45, 7) is -1.76. The molecule has 70 valence electrons. The molecule has 0 saturated carbocycles. The summed E-state index contributed by atoms with van der Waals surface area (Å²) < 4.78 is 47.0. The van der Waals surface area contributed by atoms with Crippen molar-refractivity contribution >= 4 is 11.6 Å². The van der Waals surface area contributed by atoms with Gasteiger partial charge in [0.25, 0.3) is 0 Å².